The Kier molecular flexibility index (Phi) is 5.36. The lowest BCUT2D eigenvalue weighted by Crippen LogP contribution is -2.44. The zero-order valence-corrected chi connectivity index (χ0v) is 12.2. The highest BCUT2D eigenvalue weighted by Gasteiger charge is 2.14. The van der Waals surface area contributed by atoms with E-state index in [4.69, 9.17) is 9.26 Å². The lowest BCUT2D eigenvalue weighted by atomic mass is 10.1. The van der Waals surface area contributed by atoms with Crippen molar-refractivity contribution in [1.82, 2.24) is 15.4 Å². The lowest BCUT2D eigenvalue weighted by molar-refractivity contribution is 0.0343. The average Bonchev–Trinajstić information content (AvgIpc) is 2.86. The first-order valence-electron chi connectivity index (χ1n) is 7.14. The molecule has 1 fully saturated rings. The summed E-state index contributed by atoms with van der Waals surface area (Å²) in [5.41, 5.74) is 0.984. The summed E-state index contributed by atoms with van der Waals surface area (Å²) in [6.07, 6.45) is 0. The van der Waals surface area contributed by atoms with Crippen LogP contribution >= 0.6 is 0 Å². The van der Waals surface area contributed by atoms with E-state index in [-0.39, 0.29) is 0 Å². The first-order valence-corrected chi connectivity index (χ1v) is 7.14. The van der Waals surface area contributed by atoms with E-state index >= 15 is 0 Å². The van der Waals surface area contributed by atoms with E-state index < -0.39 is 0 Å². The molecule has 1 aromatic rings. The average molecular weight is 267 g/mol. The minimum Gasteiger partial charge on any atom is -0.379 e. The predicted octanol–water partition coefficient (Wildman–Crippen LogP) is 1.61. The molecule has 0 bridgehead atoms. The SMILES string of the molecule is CC(CN1CCOCC1)NCc1cc(C(C)C)on1. The second-order valence-electron chi connectivity index (χ2n) is 5.57. The molecule has 0 amide bonds. The van der Waals surface area contributed by atoms with Crippen LogP contribution < -0.4 is 5.32 Å². The Hall–Kier alpha value is -0.910. The highest BCUT2D eigenvalue weighted by Crippen LogP contribution is 2.14. The lowest BCUT2D eigenvalue weighted by Gasteiger charge is -2.29. The molecule has 2 rings (SSSR count). The zero-order chi connectivity index (χ0) is 13.7. The molecule has 108 valence electrons. The second-order valence-corrected chi connectivity index (χ2v) is 5.57. The molecule has 1 unspecified atom stereocenters. The van der Waals surface area contributed by atoms with Crippen LogP contribution in [0.1, 0.15) is 38.1 Å². The van der Waals surface area contributed by atoms with Crippen LogP contribution in [0.2, 0.25) is 0 Å². The maximum Gasteiger partial charge on any atom is 0.139 e. The number of hydrogen-bond donors (Lipinski definition) is 1. The largest absolute Gasteiger partial charge is 0.379 e. The Bertz CT molecular complexity index is 373. The molecular formula is C14H25N3O2. The second kappa shape index (κ2) is 7.03. The van der Waals surface area contributed by atoms with Gasteiger partial charge in [0.25, 0.3) is 0 Å². The highest BCUT2D eigenvalue weighted by molar-refractivity contribution is 5.08. The third-order valence-corrected chi connectivity index (χ3v) is 3.41. The number of ether oxygens (including phenoxy) is 1. The molecule has 1 atom stereocenters. The Morgan fingerprint density at radius 2 is 2.05 bits per heavy atom. The van der Waals surface area contributed by atoms with Crippen molar-refractivity contribution in [3.8, 4) is 0 Å². The summed E-state index contributed by atoms with van der Waals surface area (Å²) in [5, 5.41) is 7.58. The molecule has 1 aliphatic rings. The molecule has 0 saturated carbocycles. The van der Waals surface area contributed by atoms with Crippen molar-refractivity contribution >= 4 is 0 Å². The fraction of sp³-hybridized carbons (Fsp3) is 0.786. The van der Waals surface area contributed by atoms with Crippen molar-refractivity contribution in [1.29, 1.82) is 0 Å². The monoisotopic (exact) mass is 267 g/mol. The number of nitrogens with zero attached hydrogens (tertiary/aromatic N) is 2. The van der Waals surface area contributed by atoms with Gasteiger partial charge in [0.15, 0.2) is 0 Å². The molecule has 5 nitrogen and oxygen atoms in total. The van der Waals surface area contributed by atoms with Crippen LogP contribution in [0.3, 0.4) is 0 Å². The fourth-order valence-corrected chi connectivity index (χ4v) is 2.20. The van der Waals surface area contributed by atoms with Crippen molar-refractivity contribution in [2.75, 3.05) is 32.8 Å². The summed E-state index contributed by atoms with van der Waals surface area (Å²) in [7, 11) is 0. The Balaban J connectivity index is 1.71. The molecule has 0 aliphatic carbocycles. The van der Waals surface area contributed by atoms with E-state index in [1.165, 1.54) is 0 Å². The third-order valence-electron chi connectivity index (χ3n) is 3.41. The van der Waals surface area contributed by atoms with Gasteiger partial charge in [-0.1, -0.05) is 19.0 Å². The number of nitrogens with one attached hydrogen (secondary N) is 1. The fourth-order valence-electron chi connectivity index (χ4n) is 2.20. The molecule has 1 aliphatic heterocycles. The summed E-state index contributed by atoms with van der Waals surface area (Å²) in [5.74, 6) is 1.35. The molecule has 0 spiro atoms. The Morgan fingerprint density at radius 3 is 2.68 bits per heavy atom. The van der Waals surface area contributed by atoms with Gasteiger partial charge in [0.2, 0.25) is 0 Å². The summed E-state index contributed by atoms with van der Waals surface area (Å²) in [6.45, 7) is 12.0. The summed E-state index contributed by atoms with van der Waals surface area (Å²) >= 11 is 0. The van der Waals surface area contributed by atoms with Gasteiger partial charge in [0, 0.05) is 44.2 Å². The Morgan fingerprint density at radius 1 is 1.32 bits per heavy atom. The van der Waals surface area contributed by atoms with Gasteiger partial charge < -0.3 is 14.6 Å². The number of hydrogen-bond acceptors (Lipinski definition) is 5. The summed E-state index contributed by atoms with van der Waals surface area (Å²) in [4.78, 5) is 2.43. The first kappa shape index (κ1) is 14.5. The van der Waals surface area contributed by atoms with Gasteiger partial charge in [-0.3, -0.25) is 4.90 Å². The van der Waals surface area contributed by atoms with Gasteiger partial charge in [0.1, 0.15) is 5.76 Å². The van der Waals surface area contributed by atoms with Crippen LogP contribution in [0.15, 0.2) is 10.6 Å². The minimum atomic E-state index is 0.395. The number of aromatic nitrogens is 1. The van der Waals surface area contributed by atoms with Gasteiger partial charge in [-0.25, -0.2) is 0 Å². The molecule has 0 aromatic carbocycles. The smallest absolute Gasteiger partial charge is 0.139 e. The van der Waals surface area contributed by atoms with E-state index in [2.05, 4.69) is 36.1 Å². The van der Waals surface area contributed by atoms with E-state index in [9.17, 15) is 0 Å². The molecule has 5 heteroatoms. The molecule has 1 aromatic heterocycles. The third kappa shape index (κ3) is 4.60. The van der Waals surface area contributed by atoms with Crippen molar-refractivity contribution in [2.45, 2.75) is 39.3 Å². The van der Waals surface area contributed by atoms with Gasteiger partial charge >= 0.3 is 0 Å². The Labute approximate surface area is 115 Å². The van der Waals surface area contributed by atoms with E-state index in [1.54, 1.807) is 0 Å². The normalized spacial score (nSPS) is 18.9. The van der Waals surface area contributed by atoms with E-state index in [0.717, 1.165) is 50.8 Å². The summed E-state index contributed by atoms with van der Waals surface area (Å²) in [6, 6.07) is 2.48. The molecule has 2 heterocycles. The van der Waals surface area contributed by atoms with Gasteiger partial charge in [0.05, 0.1) is 18.9 Å². The van der Waals surface area contributed by atoms with Crippen LogP contribution in [-0.4, -0.2) is 48.9 Å². The van der Waals surface area contributed by atoms with Crippen molar-refractivity contribution in [3.05, 3.63) is 17.5 Å². The molecule has 19 heavy (non-hydrogen) atoms. The van der Waals surface area contributed by atoms with Crippen LogP contribution in [0.5, 0.6) is 0 Å². The van der Waals surface area contributed by atoms with Crippen LogP contribution in [0.4, 0.5) is 0 Å². The predicted molar refractivity (Wildman–Crippen MR) is 74.2 cm³/mol. The maximum absolute atomic E-state index is 5.35. The molecule has 1 saturated heterocycles. The van der Waals surface area contributed by atoms with Crippen molar-refractivity contribution in [2.24, 2.45) is 0 Å². The molecule has 0 radical (unpaired) electrons. The topological polar surface area (TPSA) is 50.5 Å². The van der Waals surface area contributed by atoms with Gasteiger partial charge in [-0.2, -0.15) is 0 Å². The highest BCUT2D eigenvalue weighted by atomic mass is 16.5. The van der Waals surface area contributed by atoms with Crippen LogP contribution in [-0.2, 0) is 11.3 Å². The van der Waals surface area contributed by atoms with E-state index in [1.807, 2.05) is 6.07 Å². The zero-order valence-electron chi connectivity index (χ0n) is 12.2. The van der Waals surface area contributed by atoms with Gasteiger partial charge in [-0.15, -0.1) is 0 Å². The standard InChI is InChI=1S/C14H25N3O2/c1-11(2)14-8-13(16-19-14)9-15-12(3)10-17-4-6-18-7-5-17/h8,11-12,15H,4-7,9-10H2,1-3H3. The maximum atomic E-state index is 5.35. The quantitative estimate of drug-likeness (QED) is 0.848. The van der Waals surface area contributed by atoms with Crippen molar-refractivity contribution < 1.29 is 9.26 Å². The molecular weight excluding hydrogens is 242 g/mol. The first-order chi connectivity index (χ1) is 9.15. The van der Waals surface area contributed by atoms with Crippen LogP contribution in [0.25, 0.3) is 0 Å². The van der Waals surface area contributed by atoms with E-state index in [0.29, 0.717) is 12.0 Å². The minimum absolute atomic E-state index is 0.395. The number of rotatable bonds is 6. The number of morpholine rings is 1. The molecule has 1 N–H and O–H groups in total. The summed E-state index contributed by atoms with van der Waals surface area (Å²) < 4.78 is 10.6. The van der Waals surface area contributed by atoms with Gasteiger partial charge in [-0.05, 0) is 6.92 Å². The van der Waals surface area contributed by atoms with Crippen molar-refractivity contribution in [3.63, 3.8) is 0 Å². The van der Waals surface area contributed by atoms with Crippen LogP contribution in [0, 0.1) is 0 Å².